The normalized spacial score (nSPS) is 12.6. The third-order valence-corrected chi connectivity index (χ3v) is 5.16. The molecule has 3 aromatic rings. The first-order valence-corrected chi connectivity index (χ1v) is 9.44. The minimum Gasteiger partial charge on any atom is -0.481 e. The fourth-order valence-electron chi connectivity index (χ4n) is 3.19. The Morgan fingerprint density at radius 3 is 2.56 bits per heavy atom. The molecule has 3 rings (SSSR count). The average molecular weight is 425 g/mol. The largest absolute Gasteiger partial charge is 0.481 e. The van der Waals surface area contributed by atoms with E-state index in [1.54, 1.807) is 19.4 Å². The fraction of sp³-hybridized carbons (Fsp3) is 0.182. The van der Waals surface area contributed by atoms with Crippen molar-refractivity contribution in [1.29, 1.82) is 0 Å². The van der Waals surface area contributed by atoms with Crippen molar-refractivity contribution in [2.24, 2.45) is 5.16 Å². The minimum absolute atomic E-state index is 0.0596. The van der Waals surface area contributed by atoms with E-state index in [4.69, 9.17) is 4.74 Å². The van der Waals surface area contributed by atoms with Crippen molar-refractivity contribution in [2.75, 3.05) is 7.11 Å². The number of aryl methyl sites for hydroxylation is 1. The number of ether oxygens (including phenoxy) is 1. The van der Waals surface area contributed by atoms with E-state index in [0.717, 1.165) is 15.6 Å². The molecule has 0 aliphatic rings. The Morgan fingerprint density at radius 2 is 1.89 bits per heavy atom. The van der Waals surface area contributed by atoms with Crippen LogP contribution in [-0.4, -0.2) is 23.0 Å². The van der Waals surface area contributed by atoms with E-state index in [2.05, 4.69) is 57.3 Å². The number of rotatable bonds is 6. The monoisotopic (exact) mass is 424 g/mol. The molecule has 1 N–H and O–H groups in total. The highest BCUT2D eigenvalue weighted by Gasteiger charge is 2.20. The van der Waals surface area contributed by atoms with Crippen molar-refractivity contribution < 1.29 is 9.94 Å². The molecule has 1 aromatic heterocycles. The van der Waals surface area contributed by atoms with E-state index < -0.39 is 0 Å². The Kier molecular flexibility index (Phi) is 6.24. The lowest BCUT2D eigenvalue weighted by molar-refractivity contribution is 0.317. The van der Waals surface area contributed by atoms with Gasteiger partial charge in [-0.25, -0.2) is 4.98 Å². The molecular formula is C22H21BrN2O2. The number of hydrogen-bond acceptors (Lipinski definition) is 4. The van der Waals surface area contributed by atoms with Crippen LogP contribution in [-0.2, 0) is 0 Å². The number of halogens is 1. The fourth-order valence-corrected chi connectivity index (χ4v) is 3.45. The minimum atomic E-state index is 0.0596. The van der Waals surface area contributed by atoms with Gasteiger partial charge in [0.05, 0.1) is 12.8 Å². The molecule has 0 aliphatic heterocycles. The van der Waals surface area contributed by atoms with E-state index in [-0.39, 0.29) is 5.92 Å². The van der Waals surface area contributed by atoms with Crippen LogP contribution < -0.4 is 4.74 Å². The number of pyridine rings is 1. The molecule has 138 valence electrons. The summed E-state index contributed by atoms with van der Waals surface area (Å²) in [4.78, 5) is 4.13. The first-order valence-electron chi connectivity index (χ1n) is 8.64. The van der Waals surface area contributed by atoms with Gasteiger partial charge in [0.25, 0.3) is 0 Å². The quantitative estimate of drug-likeness (QED) is 0.320. The second-order valence-corrected chi connectivity index (χ2v) is 7.21. The van der Waals surface area contributed by atoms with Crippen LogP contribution >= 0.6 is 15.9 Å². The zero-order valence-electron chi connectivity index (χ0n) is 15.3. The van der Waals surface area contributed by atoms with E-state index in [9.17, 15) is 5.21 Å². The van der Waals surface area contributed by atoms with Gasteiger partial charge in [-0.1, -0.05) is 57.5 Å². The molecule has 0 fully saturated rings. The Hall–Kier alpha value is -2.66. The van der Waals surface area contributed by atoms with Crippen LogP contribution in [0.5, 0.6) is 5.88 Å². The summed E-state index contributed by atoms with van der Waals surface area (Å²) in [5, 5.41) is 13.3. The number of methoxy groups -OCH3 is 1. The summed E-state index contributed by atoms with van der Waals surface area (Å²) in [5.41, 5.74) is 4.96. The maximum absolute atomic E-state index is 9.72. The van der Waals surface area contributed by atoms with Gasteiger partial charge in [-0.2, -0.15) is 0 Å². The number of benzene rings is 2. The van der Waals surface area contributed by atoms with Crippen molar-refractivity contribution in [2.45, 2.75) is 19.3 Å². The maximum Gasteiger partial charge on any atom is 0.213 e. The Morgan fingerprint density at radius 1 is 1.15 bits per heavy atom. The van der Waals surface area contributed by atoms with Crippen LogP contribution in [0.15, 0.2) is 76.5 Å². The molecule has 0 bridgehead atoms. The van der Waals surface area contributed by atoms with E-state index in [0.29, 0.717) is 18.0 Å². The second-order valence-electron chi connectivity index (χ2n) is 6.30. The molecule has 0 saturated heterocycles. The molecule has 0 saturated carbocycles. The highest BCUT2D eigenvalue weighted by Crippen LogP contribution is 2.32. The van der Waals surface area contributed by atoms with Crippen molar-refractivity contribution >= 4 is 21.6 Å². The Balaban J connectivity index is 2.02. The predicted molar refractivity (Wildman–Crippen MR) is 111 cm³/mol. The molecule has 1 unspecified atom stereocenters. The maximum atomic E-state index is 9.72. The summed E-state index contributed by atoms with van der Waals surface area (Å²) in [6.07, 6.45) is 2.21. The zero-order valence-corrected chi connectivity index (χ0v) is 16.8. The molecule has 0 radical (unpaired) electrons. The van der Waals surface area contributed by atoms with Gasteiger partial charge < -0.3 is 9.94 Å². The second kappa shape index (κ2) is 8.82. The number of nitrogens with zero attached hydrogens (tertiary/aromatic N) is 2. The van der Waals surface area contributed by atoms with Crippen molar-refractivity contribution in [3.8, 4) is 5.88 Å². The lowest BCUT2D eigenvalue weighted by Gasteiger charge is -2.21. The molecule has 27 heavy (non-hydrogen) atoms. The van der Waals surface area contributed by atoms with Crippen LogP contribution in [0, 0.1) is 6.92 Å². The molecule has 0 aliphatic carbocycles. The predicted octanol–water partition coefficient (Wildman–Crippen LogP) is 5.56. The first-order chi connectivity index (χ1) is 13.1. The standard InChI is InChI=1S/C22H21BrN2O2/c1-15-5-3-4-6-19(15)20(16-7-9-18(23)10-8-16)14-21(25-26)17-11-12-24-22(13-17)27-2/h3-13,20,26H,14H2,1-2H3. The summed E-state index contributed by atoms with van der Waals surface area (Å²) >= 11 is 3.50. The van der Waals surface area contributed by atoms with Gasteiger partial charge in [0, 0.05) is 34.6 Å². The molecule has 5 heteroatoms. The van der Waals surface area contributed by atoms with Gasteiger partial charge in [0.2, 0.25) is 5.88 Å². The molecule has 0 amide bonds. The van der Waals surface area contributed by atoms with Gasteiger partial charge in [0.15, 0.2) is 0 Å². The average Bonchev–Trinajstić information content (AvgIpc) is 2.71. The Labute approximate surface area is 167 Å². The first kappa shape index (κ1) is 19.1. The number of oxime groups is 1. The summed E-state index contributed by atoms with van der Waals surface area (Å²) in [6, 6.07) is 20.2. The molecule has 4 nitrogen and oxygen atoms in total. The zero-order chi connectivity index (χ0) is 19.2. The Bertz CT molecular complexity index is 939. The van der Waals surface area contributed by atoms with Crippen molar-refractivity contribution in [1.82, 2.24) is 4.98 Å². The molecular weight excluding hydrogens is 404 g/mol. The topological polar surface area (TPSA) is 54.7 Å². The van der Waals surface area contributed by atoms with Crippen LogP contribution in [0.2, 0.25) is 0 Å². The van der Waals surface area contributed by atoms with Gasteiger partial charge >= 0.3 is 0 Å². The SMILES string of the molecule is COc1cc(C(CC(c2ccc(Br)cc2)c2ccccc2C)=NO)ccn1. The van der Waals surface area contributed by atoms with E-state index in [1.165, 1.54) is 11.1 Å². The molecule has 1 heterocycles. The lowest BCUT2D eigenvalue weighted by Crippen LogP contribution is -2.12. The molecule has 1 atom stereocenters. The number of hydrogen-bond donors (Lipinski definition) is 1. The van der Waals surface area contributed by atoms with Gasteiger partial charge in [0.1, 0.15) is 0 Å². The lowest BCUT2D eigenvalue weighted by atomic mass is 9.83. The van der Waals surface area contributed by atoms with Gasteiger partial charge in [-0.15, -0.1) is 0 Å². The van der Waals surface area contributed by atoms with Crippen LogP contribution in [0.4, 0.5) is 0 Å². The number of aromatic nitrogens is 1. The molecule has 2 aromatic carbocycles. The van der Waals surface area contributed by atoms with Crippen molar-refractivity contribution in [3.05, 3.63) is 93.6 Å². The van der Waals surface area contributed by atoms with Crippen LogP contribution in [0.3, 0.4) is 0 Å². The van der Waals surface area contributed by atoms with E-state index in [1.807, 2.05) is 30.3 Å². The highest BCUT2D eigenvalue weighted by molar-refractivity contribution is 9.10. The third kappa shape index (κ3) is 4.55. The smallest absolute Gasteiger partial charge is 0.213 e. The van der Waals surface area contributed by atoms with Gasteiger partial charge in [-0.3, -0.25) is 0 Å². The summed E-state index contributed by atoms with van der Waals surface area (Å²) in [6.45, 7) is 2.10. The summed E-state index contributed by atoms with van der Waals surface area (Å²) < 4.78 is 6.24. The van der Waals surface area contributed by atoms with Crippen LogP contribution in [0.1, 0.15) is 34.6 Å². The van der Waals surface area contributed by atoms with Crippen molar-refractivity contribution in [3.63, 3.8) is 0 Å². The summed E-state index contributed by atoms with van der Waals surface area (Å²) in [7, 11) is 1.57. The van der Waals surface area contributed by atoms with Crippen LogP contribution in [0.25, 0.3) is 0 Å². The molecule has 0 spiro atoms. The highest BCUT2D eigenvalue weighted by atomic mass is 79.9. The summed E-state index contributed by atoms with van der Waals surface area (Å²) in [5.74, 6) is 0.550. The van der Waals surface area contributed by atoms with E-state index >= 15 is 0 Å². The van der Waals surface area contributed by atoms with Gasteiger partial charge in [-0.05, 0) is 41.8 Å². The third-order valence-electron chi connectivity index (χ3n) is 4.63.